The highest BCUT2D eigenvalue weighted by Gasteiger charge is 2.44. The summed E-state index contributed by atoms with van der Waals surface area (Å²) in [7, 11) is 0. The molecule has 0 spiro atoms. The van der Waals surface area contributed by atoms with Gasteiger partial charge in [-0.25, -0.2) is 0 Å². The zero-order valence-corrected chi connectivity index (χ0v) is 27.9. The van der Waals surface area contributed by atoms with E-state index in [4.69, 9.17) is 18.9 Å². The van der Waals surface area contributed by atoms with Crippen LogP contribution in [0.15, 0.2) is 24.3 Å². The van der Waals surface area contributed by atoms with Crippen LogP contribution in [0.25, 0.3) is 0 Å². The Morgan fingerprint density at radius 3 is 1.89 bits per heavy atom. The maximum absolute atomic E-state index is 12.5. The van der Waals surface area contributed by atoms with E-state index in [-0.39, 0.29) is 26.1 Å². The zero-order valence-electron chi connectivity index (χ0n) is 27.9. The smallest absolute Gasteiger partial charge is 0.306 e. The second kappa shape index (κ2) is 27.3. The number of allylic oxidation sites excluding steroid dienone is 4. The van der Waals surface area contributed by atoms with E-state index in [1.807, 2.05) is 6.92 Å². The maximum atomic E-state index is 12.5. The molecule has 0 saturated carbocycles. The molecule has 1 aliphatic rings. The molecular weight excluding hydrogens is 580 g/mol. The summed E-state index contributed by atoms with van der Waals surface area (Å²) < 4.78 is 21.6. The molecule has 0 bridgehead atoms. The second-order valence-corrected chi connectivity index (χ2v) is 12.0. The van der Waals surface area contributed by atoms with Gasteiger partial charge < -0.3 is 39.4 Å². The van der Waals surface area contributed by atoms with Crippen LogP contribution in [0.4, 0.5) is 0 Å². The van der Waals surface area contributed by atoms with Crippen LogP contribution in [0.3, 0.4) is 0 Å². The van der Waals surface area contributed by atoms with E-state index in [9.17, 15) is 30.0 Å². The van der Waals surface area contributed by atoms with Gasteiger partial charge >= 0.3 is 11.9 Å². The molecule has 4 N–H and O–H groups in total. The molecular formula is C35H62O10. The van der Waals surface area contributed by atoms with Gasteiger partial charge in [-0.05, 0) is 44.9 Å². The molecule has 10 nitrogen and oxygen atoms in total. The number of hydrogen-bond donors (Lipinski definition) is 4. The van der Waals surface area contributed by atoms with Crippen molar-refractivity contribution < 1.29 is 49.0 Å². The van der Waals surface area contributed by atoms with E-state index >= 15 is 0 Å². The van der Waals surface area contributed by atoms with Crippen LogP contribution in [-0.4, -0.2) is 89.0 Å². The average molecular weight is 643 g/mol. The van der Waals surface area contributed by atoms with Crippen molar-refractivity contribution in [1.29, 1.82) is 0 Å². The van der Waals surface area contributed by atoms with E-state index < -0.39 is 55.4 Å². The lowest BCUT2D eigenvalue weighted by atomic mass is 9.99. The summed E-state index contributed by atoms with van der Waals surface area (Å²) in [5.74, 6) is -0.874. The average Bonchev–Trinajstić information content (AvgIpc) is 3.03. The number of unbranched alkanes of at least 4 members (excludes halogenated alkanes) is 12. The Bertz CT molecular complexity index is 799. The van der Waals surface area contributed by atoms with E-state index in [2.05, 4.69) is 31.2 Å². The Labute approximate surface area is 271 Å². The molecule has 0 amide bonds. The van der Waals surface area contributed by atoms with Gasteiger partial charge in [-0.2, -0.15) is 0 Å². The van der Waals surface area contributed by atoms with Gasteiger partial charge in [-0.1, -0.05) is 95.9 Å². The van der Waals surface area contributed by atoms with Crippen molar-refractivity contribution in [1.82, 2.24) is 0 Å². The molecule has 45 heavy (non-hydrogen) atoms. The molecule has 0 aromatic rings. The molecule has 0 aromatic heterocycles. The topological polar surface area (TPSA) is 152 Å². The van der Waals surface area contributed by atoms with Gasteiger partial charge in [0.15, 0.2) is 12.4 Å². The van der Waals surface area contributed by atoms with Crippen molar-refractivity contribution in [3.63, 3.8) is 0 Å². The maximum Gasteiger partial charge on any atom is 0.306 e. The molecule has 0 aromatic carbocycles. The first kappa shape index (κ1) is 41.2. The Morgan fingerprint density at radius 1 is 0.689 bits per heavy atom. The van der Waals surface area contributed by atoms with Gasteiger partial charge in [-0.15, -0.1) is 0 Å². The fourth-order valence-corrected chi connectivity index (χ4v) is 5.02. The lowest BCUT2D eigenvalue weighted by molar-refractivity contribution is -0.305. The van der Waals surface area contributed by atoms with Gasteiger partial charge in [0.2, 0.25) is 0 Å². The SMILES string of the molecule is CCCCC/C=C\C/C=C\CCCCCCCCCCCC(=O)OC(COC(=O)CCC)COC1OC(CO)C(O)C(O)C1O. The highest BCUT2D eigenvalue weighted by Crippen LogP contribution is 2.22. The molecule has 0 radical (unpaired) electrons. The monoisotopic (exact) mass is 642 g/mol. The molecule has 10 heteroatoms. The van der Waals surface area contributed by atoms with Crippen LogP contribution in [0.1, 0.15) is 129 Å². The Hall–Kier alpha value is -1.82. The van der Waals surface area contributed by atoms with Gasteiger partial charge in [-0.3, -0.25) is 9.59 Å². The summed E-state index contributed by atoms with van der Waals surface area (Å²) >= 11 is 0. The summed E-state index contributed by atoms with van der Waals surface area (Å²) in [5, 5.41) is 39.5. The van der Waals surface area contributed by atoms with Crippen molar-refractivity contribution in [2.75, 3.05) is 19.8 Å². The molecule has 6 unspecified atom stereocenters. The number of rotatable bonds is 27. The molecule has 6 atom stereocenters. The Balaban J connectivity index is 2.21. The number of aliphatic hydroxyl groups is 4. The molecule has 1 rings (SSSR count). The number of carbonyl (C=O) groups excluding carboxylic acids is 2. The zero-order chi connectivity index (χ0) is 33.1. The van der Waals surface area contributed by atoms with Crippen molar-refractivity contribution >= 4 is 11.9 Å². The third-order valence-corrected chi connectivity index (χ3v) is 7.81. The number of aliphatic hydroxyl groups excluding tert-OH is 4. The minimum atomic E-state index is -1.59. The number of ether oxygens (including phenoxy) is 4. The third kappa shape index (κ3) is 20.1. The van der Waals surface area contributed by atoms with E-state index in [1.165, 1.54) is 57.8 Å². The molecule has 0 aliphatic carbocycles. The van der Waals surface area contributed by atoms with Crippen LogP contribution in [0.5, 0.6) is 0 Å². The predicted octanol–water partition coefficient (Wildman–Crippen LogP) is 5.43. The van der Waals surface area contributed by atoms with Crippen molar-refractivity contribution in [3.05, 3.63) is 24.3 Å². The minimum absolute atomic E-state index is 0.224. The van der Waals surface area contributed by atoms with Crippen LogP contribution < -0.4 is 0 Å². The molecule has 1 heterocycles. The molecule has 262 valence electrons. The van der Waals surface area contributed by atoms with Gasteiger partial charge in [0, 0.05) is 12.8 Å². The standard InChI is InChI=1S/C35H62O10/c1-3-5-6-7-8-9-10-11-12-13-14-15-16-17-18-19-20-21-22-24-31(38)44-28(26-42-30(37)23-4-2)27-43-35-34(41)33(40)32(39)29(25-36)45-35/h8-9,11-12,28-29,32-36,39-41H,3-7,10,13-27H2,1-2H3/b9-8-,12-11-. The Morgan fingerprint density at radius 2 is 1.29 bits per heavy atom. The fraction of sp³-hybridized carbons (Fsp3) is 0.829. The summed E-state index contributed by atoms with van der Waals surface area (Å²) in [6.07, 6.45) is 19.4. The van der Waals surface area contributed by atoms with Gasteiger partial charge in [0.1, 0.15) is 31.0 Å². The summed E-state index contributed by atoms with van der Waals surface area (Å²) in [5.41, 5.74) is 0. The van der Waals surface area contributed by atoms with Crippen molar-refractivity contribution in [3.8, 4) is 0 Å². The van der Waals surface area contributed by atoms with Crippen LogP contribution >= 0.6 is 0 Å². The van der Waals surface area contributed by atoms with Gasteiger partial charge in [0.25, 0.3) is 0 Å². The predicted molar refractivity (Wildman–Crippen MR) is 173 cm³/mol. The second-order valence-electron chi connectivity index (χ2n) is 12.0. The van der Waals surface area contributed by atoms with Crippen molar-refractivity contribution in [2.24, 2.45) is 0 Å². The normalized spacial score (nSPS) is 22.7. The highest BCUT2D eigenvalue weighted by atomic mass is 16.7. The summed E-state index contributed by atoms with van der Waals surface area (Å²) in [6, 6.07) is 0. The van der Waals surface area contributed by atoms with E-state index in [0.29, 0.717) is 12.8 Å². The number of hydrogen-bond acceptors (Lipinski definition) is 10. The first-order chi connectivity index (χ1) is 21.8. The lowest BCUT2D eigenvalue weighted by Gasteiger charge is -2.39. The van der Waals surface area contributed by atoms with Crippen LogP contribution in [0.2, 0.25) is 0 Å². The van der Waals surface area contributed by atoms with Crippen LogP contribution in [-0.2, 0) is 28.5 Å². The largest absolute Gasteiger partial charge is 0.462 e. The number of carbonyl (C=O) groups is 2. The van der Waals surface area contributed by atoms with Crippen molar-refractivity contribution in [2.45, 2.75) is 166 Å². The van der Waals surface area contributed by atoms with E-state index in [1.54, 1.807) is 0 Å². The van der Waals surface area contributed by atoms with Crippen LogP contribution in [0, 0.1) is 0 Å². The van der Waals surface area contributed by atoms with Gasteiger partial charge in [0.05, 0.1) is 13.2 Å². The number of esters is 2. The molecule has 1 aliphatic heterocycles. The fourth-order valence-electron chi connectivity index (χ4n) is 5.02. The third-order valence-electron chi connectivity index (χ3n) is 7.81. The lowest BCUT2D eigenvalue weighted by Crippen LogP contribution is -2.59. The first-order valence-corrected chi connectivity index (χ1v) is 17.4. The van der Waals surface area contributed by atoms with E-state index in [0.717, 1.165) is 32.1 Å². The quantitative estimate of drug-likeness (QED) is 0.0518. The first-order valence-electron chi connectivity index (χ1n) is 17.4. The molecule has 1 fully saturated rings. The summed E-state index contributed by atoms with van der Waals surface area (Å²) in [4.78, 5) is 24.4. The highest BCUT2D eigenvalue weighted by molar-refractivity contribution is 5.70. The Kier molecular flexibility index (Phi) is 25.0. The summed E-state index contributed by atoms with van der Waals surface area (Å²) in [6.45, 7) is 2.98. The molecule has 1 saturated heterocycles. The minimum Gasteiger partial charge on any atom is -0.462 e.